The lowest BCUT2D eigenvalue weighted by Gasteiger charge is -2.06. The molecule has 0 amide bonds. The maximum atomic E-state index is 13.3. The molecule has 1 heterocycles. The van der Waals surface area contributed by atoms with Gasteiger partial charge in [0.1, 0.15) is 0 Å². The number of aryl methyl sites for hydroxylation is 1. The van der Waals surface area contributed by atoms with Crippen molar-refractivity contribution in [3.63, 3.8) is 0 Å². The highest BCUT2D eigenvalue weighted by Gasteiger charge is 2.28. The molecule has 0 fully saturated rings. The van der Waals surface area contributed by atoms with Crippen LogP contribution in [0.25, 0.3) is 11.5 Å². The SMILES string of the molecule is Cc1ccc(-c2nc(S(=O)(=O)c3ccc(Br)cc3)c(NCCc3ccccc3)o2)cc1. The summed E-state index contributed by atoms with van der Waals surface area (Å²) in [5, 5.41) is 3.02. The van der Waals surface area contributed by atoms with Gasteiger partial charge in [0, 0.05) is 16.6 Å². The summed E-state index contributed by atoms with van der Waals surface area (Å²) in [5.41, 5.74) is 2.96. The molecular weight excluding hydrogens is 476 g/mol. The quantitative estimate of drug-likeness (QED) is 0.344. The van der Waals surface area contributed by atoms with Crippen molar-refractivity contribution < 1.29 is 12.8 Å². The fourth-order valence-electron chi connectivity index (χ4n) is 3.11. The van der Waals surface area contributed by atoms with Crippen LogP contribution in [0.2, 0.25) is 0 Å². The minimum Gasteiger partial charge on any atom is -0.419 e. The van der Waals surface area contributed by atoms with Crippen molar-refractivity contribution in [3.8, 4) is 11.5 Å². The lowest BCUT2D eigenvalue weighted by molar-refractivity contribution is 0.577. The average molecular weight is 497 g/mol. The Morgan fingerprint density at radius 3 is 2.29 bits per heavy atom. The summed E-state index contributed by atoms with van der Waals surface area (Å²) in [6, 6.07) is 24.0. The van der Waals surface area contributed by atoms with Crippen molar-refractivity contribution in [3.05, 3.63) is 94.5 Å². The van der Waals surface area contributed by atoms with Gasteiger partial charge in [-0.25, -0.2) is 8.42 Å². The molecule has 1 N–H and O–H groups in total. The van der Waals surface area contributed by atoms with Crippen LogP contribution in [0.15, 0.2) is 97.7 Å². The smallest absolute Gasteiger partial charge is 0.233 e. The number of oxazole rings is 1. The van der Waals surface area contributed by atoms with Crippen LogP contribution < -0.4 is 5.32 Å². The molecule has 0 radical (unpaired) electrons. The van der Waals surface area contributed by atoms with Gasteiger partial charge in [0.25, 0.3) is 0 Å². The second-order valence-corrected chi connectivity index (χ2v) is 9.92. The molecule has 5 nitrogen and oxygen atoms in total. The van der Waals surface area contributed by atoms with Crippen LogP contribution in [-0.4, -0.2) is 19.9 Å². The van der Waals surface area contributed by atoms with E-state index in [1.807, 2.05) is 61.5 Å². The Hall–Kier alpha value is -2.90. The van der Waals surface area contributed by atoms with E-state index in [0.29, 0.717) is 12.1 Å². The maximum absolute atomic E-state index is 13.3. The standard InChI is InChI=1S/C24H21BrN2O3S/c1-17-7-9-19(10-8-17)22-27-24(31(28,29)21-13-11-20(25)12-14-21)23(30-22)26-16-15-18-5-3-2-4-6-18/h2-14,26H,15-16H2,1H3. The second-order valence-electron chi connectivity index (χ2n) is 7.14. The number of rotatable bonds is 7. The molecular formula is C24H21BrN2O3S. The number of sulfone groups is 1. The van der Waals surface area contributed by atoms with Gasteiger partial charge in [0.2, 0.25) is 26.6 Å². The molecule has 0 aliphatic carbocycles. The predicted octanol–water partition coefficient (Wildman–Crippen LogP) is 5.90. The third-order valence-electron chi connectivity index (χ3n) is 4.82. The molecule has 4 aromatic rings. The first kappa shape index (κ1) is 21.3. The molecule has 1 aromatic heterocycles. The van der Waals surface area contributed by atoms with Crippen molar-refractivity contribution in [1.29, 1.82) is 0 Å². The third kappa shape index (κ3) is 4.89. The van der Waals surface area contributed by atoms with E-state index in [4.69, 9.17) is 4.42 Å². The molecule has 158 valence electrons. The highest BCUT2D eigenvalue weighted by atomic mass is 79.9. The van der Waals surface area contributed by atoms with E-state index in [2.05, 4.69) is 26.2 Å². The Morgan fingerprint density at radius 1 is 0.935 bits per heavy atom. The van der Waals surface area contributed by atoms with Gasteiger partial charge < -0.3 is 9.73 Å². The summed E-state index contributed by atoms with van der Waals surface area (Å²) in [6.07, 6.45) is 0.721. The zero-order chi connectivity index (χ0) is 21.8. The van der Waals surface area contributed by atoms with E-state index in [9.17, 15) is 8.42 Å². The topological polar surface area (TPSA) is 72.2 Å². The summed E-state index contributed by atoms with van der Waals surface area (Å²) in [6.45, 7) is 2.49. The van der Waals surface area contributed by atoms with Gasteiger partial charge in [-0.2, -0.15) is 4.98 Å². The Morgan fingerprint density at radius 2 is 1.61 bits per heavy atom. The zero-order valence-electron chi connectivity index (χ0n) is 16.9. The Labute approximate surface area is 190 Å². The van der Waals surface area contributed by atoms with Gasteiger partial charge in [-0.3, -0.25) is 0 Å². The zero-order valence-corrected chi connectivity index (χ0v) is 19.3. The molecule has 4 rings (SSSR count). The molecule has 0 unspecified atom stereocenters. The Bertz CT molecular complexity index is 1270. The number of nitrogens with one attached hydrogen (secondary N) is 1. The van der Waals surface area contributed by atoms with Crippen molar-refractivity contribution >= 4 is 31.7 Å². The second kappa shape index (κ2) is 9.08. The molecule has 0 spiro atoms. The third-order valence-corrected chi connectivity index (χ3v) is 7.02. The molecule has 31 heavy (non-hydrogen) atoms. The summed E-state index contributed by atoms with van der Waals surface area (Å²) in [4.78, 5) is 4.54. The van der Waals surface area contributed by atoms with Crippen LogP contribution >= 0.6 is 15.9 Å². The average Bonchev–Trinajstić information content (AvgIpc) is 3.20. The number of hydrogen-bond donors (Lipinski definition) is 1. The number of anilines is 1. The van der Waals surface area contributed by atoms with Crippen LogP contribution in [0.1, 0.15) is 11.1 Å². The van der Waals surface area contributed by atoms with Crippen LogP contribution in [0.5, 0.6) is 0 Å². The highest BCUT2D eigenvalue weighted by Crippen LogP contribution is 2.32. The monoisotopic (exact) mass is 496 g/mol. The minimum absolute atomic E-state index is 0.113. The number of halogens is 1. The van der Waals surface area contributed by atoms with Gasteiger partial charge in [0.15, 0.2) is 0 Å². The van der Waals surface area contributed by atoms with Crippen LogP contribution in [0.3, 0.4) is 0 Å². The summed E-state index contributed by atoms with van der Waals surface area (Å²) in [7, 11) is -3.86. The van der Waals surface area contributed by atoms with Gasteiger partial charge in [-0.05, 0) is 55.3 Å². The normalized spacial score (nSPS) is 11.4. The Kier molecular flexibility index (Phi) is 6.25. The maximum Gasteiger partial charge on any atom is 0.233 e. The van der Waals surface area contributed by atoms with E-state index in [1.165, 1.54) is 0 Å². The fraction of sp³-hybridized carbons (Fsp3) is 0.125. The van der Waals surface area contributed by atoms with Gasteiger partial charge in [-0.15, -0.1) is 0 Å². The van der Waals surface area contributed by atoms with E-state index in [-0.39, 0.29) is 21.7 Å². The number of nitrogens with zero attached hydrogens (tertiary/aromatic N) is 1. The molecule has 0 atom stereocenters. The lowest BCUT2D eigenvalue weighted by Crippen LogP contribution is -2.09. The van der Waals surface area contributed by atoms with Crippen molar-refractivity contribution in [1.82, 2.24) is 4.98 Å². The van der Waals surface area contributed by atoms with E-state index >= 15 is 0 Å². The molecule has 3 aromatic carbocycles. The highest BCUT2D eigenvalue weighted by molar-refractivity contribution is 9.10. The van der Waals surface area contributed by atoms with Gasteiger partial charge in [-0.1, -0.05) is 64.0 Å². The molecule has 0 aliphatic heterocycles. The summed E-state index contributed by atoms with van der Waals surface area (Å²) >= 11 is 3.34. The molecule has 0 bridgehead atoms. The van der Waals surface area contributed by atoms with Gasteiger partial charge >= 0.3 is 0 Å². The molecule has 0 aliphatic rings. The minimum atomic E-state index is -3.86. The largest absolute Gasteiger partial charge is 0.419 e. The molecule has 0 saturated carbocycles. The predicted molar refractivity (Wildman–Crippen MR) is 125 cm³/mol. The summed E-state index contributed by atoms with van der Waals surface area (Å²) in [5.74, 6) is 0.410. The number of aromatic nitrogens is 1. The van der Waals surface area contributed by atoms with Crippen molar-refractivity contribution in [2.24, 2.45) is 0 Å². The van der Waals surface area contributed by atoms with Crippen molar-refractivity contribution in [2.75, 3.05) is 11.9 Å². The van der Waals surface area contributed by atoms with Crippen LogP contribution in [-0.2, 0) is 16.3 Å². The molecule has 0 saturated heterocycles. The van der Waals surface area contributed by atoms with E-state index in [0.717, 1.165) is 22.0 Å². The summed E-state index contributed by atoms with van der Waals surface area (Å²) < 4.78 is 33.3. The first-order valence-corrected chi connectivity index (χ1v) is 12.1. The van der Waals surface area contributed by atoms with Crippen molar-refractivity contribution in [2.45, 2.75) is 23.3 Å². The number of hydrogen-bond acceptors (Lipinski definition) is 5. The fourth-order valence-corrected chi connectivity index (χ4v) is 4.65. The van der Waals surface area contributed by atoms with Gasteiger partial charge in [0.05, 0.1) is 4.90 Å². The van der Waals surface area contributed by atoms with Crippen LogP contribution in [0.4, 0.5) is 5.88 Å². The number of benzene rings is 3. The first-order valence-electron chi connectivity index (χ1n) is 9.80. The van der Waals surface area contributed by atoms with E-state index < -0.39 is 9.84 Å². The van der Waals surface area contributed by atoms with Crippen LogP contribution in [0, 0.1) is 6.92 Å². The Balaban J connectivity index is 1.69. The first-order chi connectivity index (χ1) is 14.9. The molecule has 7 heteroatoms. The van der Waals surface area contributed by atoms with E-state index in [1.54, 1.807) is 24.3 Å². The lowest BCUT2D eigenvalue weighted by atomic mass is 10.1.